The molecule has 2 amide bonds. The Morgan fingerprint density at radius 2 is 1.80 bits per heavy atom. The first-order valence-corrected chi connectivity index (χ1v) is 9.51. The third-order valence-corrected chi connectivity index (χ3v) is 5.39. The van der Waals surface area contributed by atoms with Gasteiger partial charge in [0.1, 0.15) is 0 Å². The molecule has 0 aliphatic carbocycles. The molecule has 25 heavy (non-hydrogen) atoms. The molecule has 0 aromatic heterocycles. The van der Waals surface area contributed by atoms with Crippen molar-refractivity contribution in [3.8, 4) is 0 Å². The van der Waals surface area contributed by atoms with E-state index >= 15 is 0 Å². The van der Waals surface area contributed by atoms with Gasteiger partial charge in [0.25, 0.3) is 0 Å². The van der Waals surface area contributed by atoms with Gasteiger partial charge in [0.2, 0.25) is 0 Å². The second-order valence-electron chi connectivity index (χ2n) is 7.36. The number of rotatable bonds is 4. The Balaban J connectivity index is 1.46. The molecule has 0 unspecified atom stereocenters. The second kappa shape index (κ2) is 8.48. The minimum absolute atomic E-state index is 0.00891. The van der Waals surface area contributed by atoms with Crippen molar-refractivity contribution in [2.24, 2.45) is 5.92 Å². The molecule has 2 aliphatic heterocycles. The van der Waals surface area contributed by atoms with Crippen molar-refractivity contribution in [2.45, 2.75) is 39.0 Å². The van der Waals surface area contributed by atoms with Gasteiger partial charge in [-0.25, -0.2) is 4.79 Å². The van der Waals surface area contributed by atoms with E-state index < -0.39 is 0 Å². The van der Waals surface area contributed by atoms with E-state index in [0.29, 0.717) is 17.2 Å². The maximum atomic E-state index is 12.5. The first-order chi connectivity index (χ1) is 12.1. The van der Waals surface area contributed by atoms with Crippen LogP contribution in [0.1, 0.15) is 49.4 Å². The summed E-state index contributed by atoms with van der Waals surface area (Å²) in [5, 5.41) is 2.93. The van der Waals surface area contributed by atoms with E-state index in [1.165, 1.54) is 45.8 Å². The molecule has 0 atom stereocenters. The zero-order valence-corrected chi connectivity index (χ0v) is 15.2. The molecule has 0 saturated carbocycles. The van der Waals surface area contributed by atoms with Crippen molar-refractivity contribution in [3.05, 3.63) is 29.8 Å². The van der Waals surface area contributed by atoms with Gasteiger partial charge in [0.05, 0.1) is 0 Å². The number of urea groups is 1. The van der Waals surface area contributed by atoms with E-state index in [-0.39, 0.29) is 11.8 Å². The lowest BCUT2D eigenvalue weighted by atomic mass is 9.95. The van der Waals surface area contributed by atoms with Gasteiger partial charge < -0.3 is 15.1 Å². The highest BCUT2D eigenvalue weighted by Gasteiger charge is 2.24. The van der Waals surface area contributed by atoms with E-state index in [9.17, 15) is 9.59 Å². The summed E-state index contributed by atoms with van der Waals surface area (Å²) in [6.45, 7) is 6.85. The van der Waals surface area contributed by atoms with Crippen LogP contribution < -0.4 is 5.32 Å². The van der Waals surface area contributed by atoms with Crippen LogP contribution in [-0.2, 0) is 0 Å². The van der Waals surface area contributed by atoms with Gasteiger partial charge in [-0.05, 0) is 63.7 Å². The van der Waals surface area contributed by atoms with Gasteiger partial charge >= 0.3 is 6.03 Å². The maximum absolute atomic E-state index is 12.5. The average Bonchev–Trinajstić information content (AvgIpc) is 2.63. The van der Waals surface area contributed by atoms with Crippen LogP contribution in [0.25, 0.3) is 0 Å². The fourth-order valence-corrected chi connectivity index (χ4v) is 3.84. The van der Waals surface area contributed by atoms with Crippen LogP contribution >= 0.6 is 0 Å². The Labute approximate surface area is 150 Å². The van der Waals surface area contributed by atoms with Gasteiger partial charge in [0, 0.05) is 30.9 Å². The fraction of sp³-hybridized carbons (Fsp3) is 0.600. The van der Waals surface area contributed by atoms with Crippen molar-refractivity contribution in [1.82, 2.24) is 9.80 Å². The zero-order chi connectivity index (χ0) is 17.6. The topological polar surface area (TPSA) is 52.7 Å². The first kappa shape index (κ1) is 17.9. The van der Waals surface area contributed by atoms with E-state index in [1.54, 1.807) is 18.2 Å². The molecular formula is C20H29N3O2. The molecule has 5 nitrogen and oxygen atoms in total. The average molecular weight is 343 g/mol. The monoisotopic (exact) mass is 343 g/mol. The fourth-order valence-electron chi connectivity index (χ4n) is 3.84. The summed E-state index contributed by atoms with van der Waals surface area (Å²) in [5.41, 5.74) is 1.31. The van der Waals surface area contributed by atoms with Crippen molar-refractivity contribution >= 4 is 17.5 Å². The lowest BCUT2D eigenvalue weighted by Crippen LogP contribution is -2.44. The van der Waals surface area contributed by atoms with Gasteiger partial charge in [-0.15, -0.1) is 0 Å². The number of carbonyl (C=O) groups excluding carboxylic acids is 2. The highest BCUT2D eigenvalue weighted by molar-refractivity contribution is 5.96. The summed E-state index contributed by atoms with van der Waals surface area (Å²) in [6, 6.07) is 7.08. The molecule has 2 saturated heterocycles. The predicted molar refractivity (Wildman–Crippen MR) is 100 cm³/mol. The third-order valence-electron chi connectivity index (χ3n) is 5.39. The number of anilines is 1. The second-order valence-corrected chi connectivity index (χ2v) is 7.36. The molecule has 136 valence electrons. The van der Waals surface area contributed by atoms with Crippen molar-refractivity contribution in [2.75, 3.05) is 38.0 Å². The van der Waals surface area contributed by atoms with Crippen molar-refractivity contribution in [1.29, 1.82) is 0 Å². The molecule has 1 aromatic rings. The number of amides is 2. The molecule has 2 fully saturated rings. The van der Waals surface area contributed by atoms with Gasteiger partial charge in [-0.2, -0.15) is 0 Å². The highest BCUT2D eigenvalue weighted by atomic mass is 16.2. The van der Waals surface area contributed by atoms with Gasteiger partial charge in [-0.3, -0.25) is 4.79 Å². The minimum atomic E-state index is -0.0582. The molecule has 2 aliphatic rings. The van der Waals surface area contributed by atoms with Gasteiger partial charge in [0.15, 0.2) is 5.78 Å². The number of carbonyl (C=O) groups is 2. The van der Waals surface area contributed by atoms with Crippen molar-refractivity contribution < 1.29 is 9.59 Å². The SMILES string of the molecule is CC(=O)c1cccc(NC(=O)N2CCC(CN3CCCCC3)CC2)c1. The van der Waals surface area contributed by atoms with E-state index in [4.69, 9.17) is 0 Å². The first-order valence-electron chi connectivity index (χ1n) is 9.51. The lowest BCUT2D eigenvalue weighted by Gasteiger charge is -2.36. The number of likely N-dealkylation sites (tertiary alicyclic amines) is 2. The lowest BCUT2D eigenvalue weighted by molar-refractivity contribution is 0.101. The smallest absolute Gasteiger partial charge is 0.321 e. The van der Waals surface area contributed by atoms with Crippen LogP contribution in [0.5, 0.6) is 0 Å². The summed E-state index contributed by atoms with van der Waals surface area (Å²) in [4.78, 5) is 28.4. The number of hydrogen-bond acceptors (Lipinski definition) is 3. The third kappa shape index (κ3) is 5.05. The van der Waals surface area contributed by atoms with E-state index in [1.807, 2.05) is 11.0 Å². The maximum Gasteiger partial charge on any atom is 0.321 e. The molecule has 2 heterocycles. The van der Waals surface area contributed by atoms with E-state index in [0.717, 1.165) is 25.9 Å². The Kier molecular flexibility index (Phi) is 6.08. The summed E-state index contributed by atoms with van der Waals surface area (Å²) in [5.74, 6) is 0.720. The van der Waals surface area contributed by atoms with Crippen LogP contribution in [0.15, 0.2) is 24.3 Å². The minimum Gasteiger partial charge on any atom is -0.325 e. The van der Waals surface area contributed by atoms with Crippen molar-refractivity contribution in [3.63, 3.8) is 0 Å². The number of hydrogen-bond donors (Lipinski definition) is 1. The predicted octanol–water partition coefficient (Wildman–Crippen LogP) is 3.62. The molecule has 0 spiro atoms. The van der Waals surface area contributed by atoms with Crippen LogP contribution in [-0.4, -0.2) is 54.3 Å². The van der Waals surface area contributed by atoms with Crippen LogP contribution in [0, 0.1) is 5.92 Å². The molecule has 1 N–H and O–H groups in total. The number of Topliss-reactive ketones (excluding diaryl/α,β-unsaturated/α-hetero) is 1. The summed E-state index contributed by atoms with van der Waals surface area (Å²) < 4.78 is 0. The summed E-state index contributed by atoms with van der Waals surface area (Å²) in [7, 11) is 0. The number of piperidine rings is 2. The summed E-state index contributed by atoms with van der Waals surface area (Å²) in [6.07, 6.45) is 6.20. The number of benzene rings is 1. The molecule has 3 rings (SSSR count). The van der Waals surface area contributed by atoms with Crippen LogP contribution in [0.2, 0.25) is 0 Å². The summed E-state index contributed by atoms with van der Waals surface area (Å²) >= 11 is 0. The number of ketones is 1. The molecule has 1 aromatic carbocycles. The number of nitrogens with one attached hydrogen (secondary N) is 1. The zero-order valence-electron chi connectivity index (χ0n) is 15.2. The Morgan fingerprint density at radius 1 is 1.08 bits per heavy atom. The van der Waals surface area contributed by atoms with E-state index in [2.05, 4.69) is 10.2 Å². The molecule has 0 radical (unpaired) electrons. The quantitative estimate of drug-likeness (QED) is 0.850. The largest absolute Gasteiger partial charge is 0.325 e. The molecular weight excluding hydrogens is 314 g/mol. The number of nitrogens with zero attached hydrogens (tertiary/aromatic N) is 2. The molecule has 5 heteroatoms. The van der Waals surface area contributed by atoms with Crippen LogP contribution in [0.3, 0.4) is 0 Å². The molecule has 0 bridgehead atoms. The Morgan fingerprint density at radius 3 is 2.48 bits per heavy atom. The standard InChI is InChI=1S/C20H29N3O2/c1-16(24)18-6-5-7-19(14-18)21-20(25)23-12-8-17(9-13-23)15-22-10-3-2-4-11-22/h5-7,14,17H,2-4,8-13,15H2,1H3,(H,21,25). The Hall–Kier alpha value is -1.88. The van der Waals surface area contributed by atoms with Gasteiger partial charge in [-0.1, -0.05) is 18.6 Å². The Bertz CT molecular complexity index is 603. The highest BCUT2D eigenvalue weighted by Crippen LogP contribution is 2.21. The normalized spacial score (nSPS) is 19.6. The van der Waals surface area contributed by atoms with Crippen LogP contribution in [0.4, 0.5) is 10.5 Å².